The van der Waals surface area contributed by atoms with Crippen LogP contribution in [0.4, 0.5) is 4.39 Å². The Kier molecular flexibility index (Phi) is 5.16. The summed E-state index contributed by atoms with van der Waals surface area (Å²) < 4.78 is 23.0. The lowest BCUT2D eigenvalue weighted by atomic mass is 10.2. The highest BCUT2D eigenvalue weighted by Crippen LogP contribution is 2.18. The number of benzene rings is 1. The van der Waals surface area contributed by atoms with Gasteiger partial charge in [-0.3, -0.25) is 4.79 Å². The molecule has 0 saturated heterocycles. The lowest BCUT2D eigenvalue weighted by Crippen LogP contribution is -2.35. The number of carbonyl (C=O) groups excluding carboxylic acids is 2. The molecule has 0 radical (unpaired) electrons. The first-order chi connectivity index (χ1) is 10.5. The zero-order valence-corrected chi connectivity index (χ0v) is 12.4. The molecule has 5 nitrogen and oxygen atoms in total. The Morgan fingerprint density at radius 2 is 2.18 bits per heavy atom. The molecule has 0 fully saturated rings. The van der Waals surface area contributed by atoms with Crippen LogP contribution in [-0.2, 0) is 16.1 Å². The Balaban J connectivity index is 1.91. The fourth-order valence-corrected chi connectivity index (χ4v) is 1.91. The van der Waals surface area contributed by atoms with E-state index in [1.165, 1.54) is 19.3 Å². The average Bonchev–Trinajstić information content (AvgIpc) is 2.97. The summed E-state index contributed by atoms with van der Waals surface area (Å²) in [6.07, 6.45) is 0.463. The van der Waals surface area contributed by atoms with Crippen molar-refractivity contribution in [1.82, 2.24) is 5.32 Å². The Hall–Kier alpha value is -2.34. The second-order valence-electron chi connectivity index (χ2n) is 4.47. The lowest BCUT2D eigenvalue weighted by molar-refractivity contribution is -0.129. The number of hydrogen-bond acceptors (Lipinski definition) is 4. The summed E-state index contributed by atoms with van der Waals surface area (Å²) in [5.41, 5.74) is -0.00579. The molecule has 0 aliphatic carbocycles. The summed E-state index contributed by atoms with van der Waals surface area (Å²) in [6, 6.07) is 6.69. The second-order valence-corrected chi connectivity index (χ2v) is 4.88. The van der Waals surface area contributed by atoms with E-state index in [9.17, 15) is 14.0 Å². The molecule has 22 heavy (non-hydrogen) atoms. The number of ether oxygens (including phenoxy) is 1. The number of carbonyl (C=O) groups is 2. The second kappa shape index (κ2) is 7.09. The van der Waals surface area contributed by atoms with Crippen LogP contribution in [0.3, 0.4) is 0 Å². The number of rotatable bonds is 5. The SMILES string of the molecule is C[C@@H](OC(=O)c1ccc(F)cc1Cl)C(=O)NCc1ccco1. The van der Waals surface area contributed by atoms with E-state index in [1.807, 2.05) is 0 Å². The number of furan rings is 1. The van der Waals surface area contributed by atoms with Gasteiger partial charge in [-0.25, -0.2) is 9.18 Å². The van der Waals surface area contributed by atoms with Crippen molar-refractivity contribution in [3.05, 3.63) is 58.8 Å². The van der Waals surface area contributed by atoms with Crippen LogP contribution >= 0.6 is 11.6 Å². The first-order valence-electron chi connectivity index (χ1n) is 6.43. The standard InChI is InChI=1S/C15H13ClFNO4/c1-9(14(19)18-8-11-3-2-6-21-11)22-15(20)12-5-4-10(17)7-13(12)16/h2-7,9H,8H2,1H3,(H,18,19)/t9-/m1/s1. The van der Waals surface area contributed by atoms with E-state index < -0.39 is 23.8 Å². The highest BCUT2D eigenvalue weighted by molar-refractivity contribution is 6.33. The van der Waals surface area contributed by atoms with Crippen LogP contribution in [0.25, 0.3) is 0 Å². The molecule has 0 unspecified atom stereocenters. The van der Waals surface area contributed by atoms with E-state index in [-0.39, 0.29) is 17.1 Å². The molecule has 1 aromatic heterocycles. The van der Waals surface area contributed by atoms with Crippen LogP contribution < -0.4 is 5.32 Å². The fraction of sp³-hybridized carbons (Fsp3) is 0.200. The number of halogens is 2. The van der Waals surface area contributed by atoms with Crippen LogP contribution in [0.5, 0.6) is 0 Å². The molecule has 116 valence electrons. The van der Waals surface area contributed by atoms with Crippen molar-refractivity contribution >= 4 is 23.5 Å². The average molecular weight is 326 g/mol. The number of esters is 1. The molecule has 0 bridgehead atoms. The molecule has 7 heteroatoms. The molecule has 0 aliphatic heterocycles. The quantitative estimate of drug-likeness (QED) is 0.858. The maximum atomic E-state index is 12.9. The van der Waals surface area contributed by atoms with Crippen molar-refractivity contribution in [1.29, 1.82) is 0 Å². The number of nitrogens with one attached hydrogen (secondary N) is 1. The van der Waals surface area contributed by atoms with Gasteiger partial charge >= 0.3 is 5.97 Å². The highest BCUT2D eigenvalue weighted by atomic mass is 35.5. The summed E-state index contributed by atoms with van der Waals surface area (Å²) in [5.74, 6) is -1.27. The zero-order chi connectivity index (χ0) is 16.1. The Morgan fingerprint density at radius 3 is 2.82 bits per heavy atom. The Labute approximate surface area is 131 Å². The van der Waals surface area contributed by atoms with Gasteiger partial charge in [-0.15, -0.1) is 0 Å². The first-order valence-corrected chi connectivity index (χ1v) is 6.81. The van der Waals surface area contributed by atoms with E-state index in [2.05, 4.69) is 5.32 Å². The van der Waals surface area contributed by atoms with Crippen LogP contribution in [0, 0.1) is 5.82 Å². The van der Waals surface area contributed by atoms with Crippen molar-refractivity contribution in [2.75, 3.05) is 0 Å². The summed E-state index contributed by atoms with van der Waals surface area (Å²) in [7, 11) is 0. The molecule has 0 saturated carbocycles. The third-order valence-electron chi connectivity index (χ3n) is 2.82. The first kappa shape index (κ1) is 16.0. The minimum absolute atomic E-state index is 0.00579. The van der Waals surface area contributed by atoms with Gasteiger partial charge in [-0.05, 0) is 37.3 Å². The number of hydrogen-bond donors (Lipinski definition) is 1. The lowest BCUT2D eigenvalue weighted by Gasteiger charge is -2.13. The van der Waals surface area contributed by atoms with Crippen LogP contribution in [0.2, 0.25) is 5.02 Å². The van der Waals surface area contributed by atoms with Gasteiger partial charge in [0, 0.05) is 0 Å². The monoisotopic (exact) mass is 325 g/mol. The van der Waals surface area contributed by atoms with Gasteiger partial charge in [-0.1, -0.05) is 11.6 Å². The van der Waals surface area contributed by atoms with Crippen molar-refractivity contribution in [3.63, 3.8) is 0 Å². The normalized spacial score (nSPS) is 11.8. The van der Waals surface area contributed by atoms with E-state index in [0.717, 1.165) is 12.1 Å². The molecular weight excluding hydrogens is 313 g/mol. The van der Waals surface area contributed by atoms with Crippen LogP contribution in [-0.4, -0.2) is 18.0 Å². The van der Waals surface area contributed by atoms with Crippen LogP contribution in [0.1, 0.15) is 23.0 Å². The van der Waals surface area contributed by atoms with E-state index in [1.54, 1.807) is 12.1 Å². The summed E-state index contributed by atoms with van der Waals surface area (Å²) in [5, 5.41) is 2.49. The smallest absolute Gasteiger partial charge is 0.340 e. The maximum Gasteiger partial charge on any atom is 0.340 e. The molecular formula is C15H13ClFNO4. The fourth-order valence-electron chi connectivity index (χ4n) is 1.66. The predicted octanol–water partition coefficient (Wildman–Crippen LogP) is 2.93. The largest absolute Gasteiger partial charge is 0.467 e. The Bertz CT molecular complexity index is 672. The molecule has 2 aromatic rings. The topological polar surface area (TPSA) is 68.5 Å². The minimum atomic E-state index is -1.02. The van der Waals surface area contributed by atoms with Crippen molar-refractivity contribution in [3.8, 4) is 0 Å². The minimum Gasteiger partial charge on any atom is -0.467 e. The number of amides is 1. The van der Waals surface area contributed by atoms with E-state index in [0.29, 0.717) is 5.76 Å². The molecule has 2 rings (SSSR count). The third kappa shape index (κ3) is 4.08. The van der Waals surface area contributed by atoms with Crippen molar-refractivity contribution in [2.45, 2.75) is 19.6 Å². The van der Waals surface area contributed by atoms with Gasteiger partial charge in [0.2, 0.25) is 0 Å². The van der Waals surface area contributed by atoms with E-state index in [4.69, 9.17) is 20.8 Å². The third-order valence-corrected chi connectivity index (χ3v) is 3.13. The van der Waals surface area contributed by atoms with Gasteiger partial charge in [0.05, 0.1) is 23.4 Å². The molecule has 0 aliphatic rings. The van der Waals surface area contributed by atoms with Gasteiger partial charge in [0.15, 0.2) is 6.10 Å². The molecule has 1 heterocycles. The van der Waals surface area contributed by atoms with Crippen molar-refractivity contribution in [2.24, 2.45) is 0 Å². The zero-order valence-electron chi connectivity index (χ0n) is 11.6. The van der Waals surface area contributed by atoms with Crippen molar-refractivity contribution < 1.29 is 23.1 Å². The summed E-state index contributed by atoms with van der Waals surface area (Å²) in [6.45, 7) is 1.61. The summed E-state index contributed by atoms with van der Waals surface area (Å²) in [4.78, 5) is 23.7. The maximum absolute atomic E-state index is 12.9. The molecule has 1 aromatic carbocycles. The van der Waals surface area contributed by atoms with Crippen LogP contribution in [0.15, 0.2) is 41.0 Å². The Morgan fingerprint density at radius 1 is 1.41 bits per heavy atom. The van der Waals surface area contributed by atoms with Gasteiger partial charge < -0.3 is 14.5 Å². The van der Waals surface area contributed by atoms with Gasteiger partial charge in [0.1, 0.15) is 11.6 Å². The molecule has 1 atom stereocenters. The highest BCUT2D eigenvalue weighted by Gasteiger charge is 2.20. The summed E-state index contributed by atoms with van der Waals surface area (Å²) >= 11 is 5.76. The van der Waals surface area contributed by atoms with Gasteiger partial charge in [0.25, 0.3) is 5.91 Å². The molecule has 0 spiro atoms. The van der Waals surface area contributed by atoms with Gasteiger partial charge in [-0.2, -0.15) is 0 Å². The van der Waals surface area contributed by atoms with E-state index >= 15 is 0 Å². The molecule has 1 amide bonds. The predicted molar refractivity (Wildman–Crippen MR) is 76.8 cm³/mol. The molecule has 1 N–H and O–H groups in total.